The topological polar surface area (TPSA) is 5.90 Å². The Morgan fingerprint density at radius 3 is 1.93 bits per heavy atom. The molecule has 75 valence electrons. The van der Waals surface area contributed by atoms with Crippen LogP contribution in [-0.4, -0.2) is 7.05 Å². The van der Waals surface area contributed by atoms with Gasteiger partial charge in [0.05, 0.1) is 0 Å². The molecule has 0 unspecified atom stereocenters. The Balaban J connectivity index is 2.08. The predicted molar refractivity (Wildman–Crippen MR) is 64.3 cm³/mol. The Kier molecular flexibility index (Phi) is 3.15. The lowest BCUT2D eigenvalue weighted by atomic mass is 10.2. The molecule has 1 nitrogen and oxygen atoms in total. The zero-order chi connectivity index (χ0) is 10.5. The van der Waals surface area contributed by atoms with Crippen LogP contribution in [0.1, 0.15) is 5.56 Å². The van der Waals surface area contributed by atoms with Crippen molar-refractivity contribution in [2.75, 3.05) is 7.05 Å². The van der Waals surface area contributed by atoms with Crippen molar-refractivity contribution in [3.05, 3.63) is 66.2 Å². The van der Waals surface area contributed by atoms with E-state index in [0.717, 1.165) is 6.54 Å². The highest BCUT2D eigenvalue weighted by Gasteiger charge is 2.11. The number of hydrogen-bond donors (Lipinski definition) is 0. The second-order valence-electron chi connectivity index (χ2n) is 3.68. The standard InChI is InChI=1S/C14H15N/c1-15(14-10-6-3-7-11-14)12-13-8-4-2-5-9-13/h2-11H,12H2,1H3/q+1. The van der Waals surface area contributed by atoms with Gasteiger partial charge in [-0.05, 0) is 0 Å². The predicted octanol–water partition coefficient (Wildman–Crippen LogP) is 3.29. The molecule has 0 bridgehead atoms. The van der Waals surface area contributed by atoms with Crippen molar-refractivity contribution in [1.29, 1.82) is 0 Å². The largest absolute Gasteiger partial charge is 0.180 e. The molecule has 2 aromatic rings. The molecule has 15 heavy (non-hydrogen) atoms. The van der Waals surface area contributed by atoms with Gasteiger partial charge in [0.15, 0.2) is 12.2 Å². The summed E-state index contributed by atoms with van der Waals surface area (Å²) in [6.45, 7) is 0.949. The molecule has 0 heterocycles. The van der Waals surface area contributed by atoms with Gasteiger partial charge in [-0.1, -0.05) is 48.5 Å². The van der Waals surface area contributed by atoms with Crippen molar-refractivity contribution in [3.8, 4) is 0 Å². The number of benzene rings is 2. The molecule has 0 fully saturated rings. The van der Waals surface area contributed by atoms with Crippen LogP contribution in [0, 0.1) is 0 Å². The summed E-state index contributed by atoms with van der Waals surface area (Å²) in [4.78, 5) is 2.25. The normalized spacial score (nSPS) is 10.5. The van der Waals surface area contributed by atoms with Gasteiger partial charge in [0.2, 0.25) is 0 Å². The minimum absolute atomic E-state index is 0.949. The molecule has 0 aliphatic rings. The van der Waals surface area contributed by atoms with Gasteiger partial charge < -0.3 is 0 Å². The highest BCUT2D eigenvalue weighted by Crippen LogP contribution is 2.13. The summed E-state index contributed by atoms with van der Waals surface area (Å²) in [6, 6.07) is 20.9. The van der Waals surface area contributed by atoms with E-state index in [0.29, 0.717) is 0 Å². The van der Waals surface area contributed by atoms with E-state index in [1.807, 2.05) is 12.1 Å². The Morgan fingerprint density at radius 2 is 1.33 bits per heavy atom. The molecular formula is C14H15N+. The van der Waals surface area contributed by atoms with Crippen molar-refractivity contribution in [2.45, 2.75) is 6.54 Å². The van der Waals surface area contributed by atoms with Crippen LogP contribution >= 0.6 is 0 Å². The summed E-state index contributed by atoms with van der Waals surface area (Å²) in [5.74, 6) is 0. The minimum atomic E-state index is 0.949. The summed E-state index contributed by atoms with van der Waals surface area (Å²) in [7, 11) is 2.11. The van der Waals surface area contributed by atoms with Crippen LogP contribution in [0.3, 0.4) is 0 Å². The Morgan fingerprint density at radius 1 is 0.800 bits per heavy atom. The molecule has 0 N–H and O–H groups in total. The zero-order valence-electron chi connectivity index (χ0n) is 8.93. The molecule has 0 saturated carbocycles. The Hall–Kier alpha value is -1.60. The first-order chi connectivity index (χ1) is 7.36. The second-order valence-corrected chi connectivity index (χ2v) is 3.68. The van der Waals surface area contributed by atoms with Crippen molar-refractivity contribution in [3.63, 3.8) is 0 Å². The average molecular weight is 197 g/mol. The van der Waals surface area contributed by atoms with Crippen LogP contribution < -0.4 is 4.90 Å². The highest BCUT2D eigenvalue weighted by atomic mass is 15.1. The van der Waals surface area contributed by atoms with Gasteiger partial charge >= 0.3 is 0 Å². The third kappa shape index (κ3) is 2.67. The lowest BCUT2D eigenvalue weighted by Gasteiger charge is -2.05. The van der Waals surface area contributed by atoms with E-state index in [1.165, 1.54) is 11.3 Å². The van der Waals surface area contributed by atoms with E-state index in [9.17, 15) is 0 Å². The molecule has 0 atom stereocenters. The first-order valence-electron chi connectivity index (χ1n) is 5.16. The van der Waals surface area contributed by atoms with Crippen LogP contribution in [0.5, 0.6) is 0 Å². The Bertz CT molecular complexity index is 394. The van der Waals surface area contributed by atoms with Gasteiger partial charge in [-0.15, -0.1) is 4.90 Å². The maximum absolute atomic E-state index is 2.25. The minimum Gasteiger partial charge on any atom is -0.133 e. The van der Waals surface area contributed by atoms with Crippen LogP contribution in [0.2, 0.25) is 0 Å². The molecule has 0 aliphatic carbocycles. The maximum atomic E-state index is 2.25. The zero-order valence-corrected chi connectivity index (χ0v) is 8.93. The van der Waals surface area contributed by atoms with Crippen molar-refractivity contribution in [1.82, 2.24) is 4.90 Å². The first kappa shape index (κ1) is 9.94. The van der Waals surface area contributed by atoms with E-state index < -0.39 is 0 Å². The molecule has 0 saturated heterocycles. The van der Waals surface area contributed by atoms with Crippen molar-refractivity contribution < 1.29 is 0 Å². The quantitative estimate of drug-likeness (QED) is 0.666. The number of para-hydroxylation sites is 1. The summed E-state index contributed by atoms with van der Waals surface area (Å²) in [6.07, 6.45) is 0. The van der Waals surface area contributed by atoms with Gasteiger partial charge in [0.25, 0.3) is 0 Å². The molecule has 1 radical (unpaired) electrons. The highest BCUT2D eigenvalue weighted by molar-refractivity contribution is 5.38. The van der Waals surface area contributed by atoms with Gasteiger partial charge in [-0.25, -0.2) is 0 Å². The molecule has 1 heteroatoms. The summed E-state index contributed by atoms with van der Waals surface area (Å²) >= 11 is 0. The van der Waals surface area contributed by atoms with Crippen LogP contribution in [0.25, 0.3) is 0 Å². The SMILES string of the molecule is C[N+](Cc1ccccc1)c1ccccc1. The van der Waals surface area contributed by atoms with Gasteiger partial charge in [0.1, 0.15) is 7.05 Å². The Labute approximate surface area is 91.0 Å². The van der Waals surface area contributed by atoms with Crippen molar-refractivity contribution >= 4 is 5.69 Å². The molecule has 0 amide bonds. The summed E-state index contributed by atoms with van der Waals surface area (Å²) in [5.41, 5.74) is 2.59. The van der Waals surface area contributed by atoms with Gasteiger partial charge in [0, 0.05) is 17.7 Å². The van der Waals surface area contributed by atoms with Gasteiger partial charge in [-0.3, -0.25) is 0 Å². The fourth-order valence-electron chi connectivity index (χ4n) is 1.63. The molecular weight excluding hydrogens is 182 g/mol. The summed E-state index contributed by atoms with van der Waals surface area (Å²) < 4.78 is 0. The van der Waals surface area contributed by atoms with Gasteiger partial charge in [-0.2, -0.15) is 0 Å². The molecule has 2 rings (SSSR count). The lowest BCUT2D eigenvalue weighted by molar-refractivity contribution is 0.624. The van der Waals surface area contributed by atoms with E-state index in [2.05, 4.69) is 60.5 Å². The van der Waals surface area contributed by atoms with E-state index in [-0.39, 0.29) is 0 Å². The fourth-order valence-corrected chi connectivity index (χ4v) is 1.63. The van der Waals surface area contributed by atoms with E-state index in [1.54, 1.807) is 0 Å². The average Bonchev–Trinajstić information content (AvgIpc) is 2.31. The number of anilines is 1. The third-order valence-corrected chi connectivity index (χ3v) is 2.46. The smallest absolute Gasteiger partial charge is 0.133 e. The number of nitrogens with zero attached hydrogens (tertiary/aromatic N) is 1. The first-order valence-corrected chi connectivity index (χ1v) is 5.16. The molecule has 0 aliphatic heterocycles. The molecule has 0 spiro atoms. The number of rotatable bonds is 3. The summed E-state index contributed by atoms with van der Waals surface area (Å²) in [5, 5.41) is 0. The van der Waals surface area contributed by atoms with Crippen molar-refractivity contribution in [2.24, 2.45) is 0 Å². The van der Waals surface area contributed by atoms with E-state index in [4.69, 9.17) is 0 Å². The molecule has 0 aromatic heterocycles. The van der Waals surface area contributed by atoms with E-state index >= 15 is 0 Å². The molecule has 2 aromatic carbocycles. The monoisotopic (exact) mass is 197 g/mol. The third-order valence-electron chi connectivity index (χ3n) is 2.46. The fraction of sp³-hybridized carbons (Fsp3) is 0.143. The second kappa shape index (κ2) is 4.76. The van der Waals surface area contributed by atoms with Crippen LogP contribution in [0.4, 0.5) is 5.69 Å². The van der Waals surface area contributed by atoms with Crippen LogP contribution in [0.15, 0.2) is 60.7 Å². The number of hydrogen-bond acceptors (Lipinski definition) is 1. The lowest BCUT2D eigenvalue weighted by Crippen LogP contribution is -2.17. The maximum Gasteiger partial charge on any atom is 0.180 e. The van der Waals surface area contributed by atoms with Crippen LogP contribution in [-0.2, 0) is 6.54 Å².